The van der Waals surface area contributed by atoms with Crippen LogP contribution in [-0.4, -0.2) is 62.5 Å². The molecule has 2 aromatic carbocycles. The van der Waals surface area contributed by atoms with Crippen LogP contribution in [0.2, 0.25) is 0 Å². The largest absolute Gasteiger partial charge is 0.494 e. The summed E-state index contributed by atoms with van der Waals surface area (Å²) in [7, 11) is 0. The first kappa shape index (κ1) is 47.6. The number of hydrogen-bond donors (Lipinski definition) is 0. The molecule has 0 radical (unpaired) electrons. The number of allylic oxidation sites excluding steroid dienone is 1. The molecule has 6 rings (SSSR count). The highest BCUT2D eigenvalue weighted by Crippen LogP contribution is 2.67. The van der Waals surface area contributed by atoms with E-state index >= 15 is 0 Å². The van der Waals surface area contributed by atoms with Crippen molar-refractivity contribution in [1.82, 2.24) is 0 Å². The maximum Gasteiger partial charge on any atom is 0.338 e. The topological polar surface area (TPSA) is 124 Å². The van der Waals surface area contributed by atoms with Gasteiger partial charge in [0.2, 0.25) is 0 Å². The van der Waals surface area contributed by atoms with E-state index in [1.807, 2.05) is 24.3 Å². The van der Waals surface area contributed by atoms with Crippen molar-refractivity contribution in [3.05, 3.63) is 96.6 Å². The maximum atomic E-state index is 13.4. The zero-order valence-electron chi connectivity index (χ0n) is 38.0. The zero-order valence-corrected chi connectivity index (χ0v) is 38.0. The van der Waals surface area contributed by atoms with Crippen LogP contribution in [0.15, 0.2) is 85.5 Å². The van der Waals surface area contributed by atoms with Crippen LogP contribution in [0, 0.1) is 34.5 Å². The number of ether oxygens (including phenoxy) is 6. The van der Waals surface area contributed by atoms with Crippen molar-refractivity contribution in [2.75, 3.05) is 26.4 Å². The van der Waals surface area contributed by atoms with E-state index in [1.165, 1.54) is 30.6 Å². The molecule has 0 aliphatic heterocycles. The lowest BCUT2D eigenvalue weighted by molar-refractivity contribution is -0.138. The number of rotatable bonds is 23. The molecule has 3 fully saturated rings. The Labute approximate surface area is 375 Å². The van der Waals surface area contributed by atoms with Gasteiger partial charge in [0.15, 0.2) is 0 Å². The first-order chi connectivity index (χ1) is 30.4. The Morgan fingerprint density at radius 1 is 0.667 bits per heavy atom. The van der Waals surface area contributed by atoms with Crippen LogP contribution in [0.4, 0.5) is 0 Å². The monoisotopic (exact) mass is 866 g/mol. The van der Waals surface area contributed by atoms with Gasteiger partial charge in [-0.1, -0.05) is 38.7 Å². The van der Waals surface area contributed by atoms with E-state index in [0.717, 1.165) is 101 Å². The summed E-state index contributed by atoms with van der Waals surface area (Å²) >= 11 is 0. The Morgan fingerprint density at radius 3 is 1.76 bits per heavy atom. The fraction of sp³-hybridized carbons (Fsp3) is 0.585. The lowest BCUT2D eigenvalue weighted by Gasteiger charge is -2.58. The Balaban J connectivity index is 0.922. The molecule has 0 spiro atoms. The van der Waals surface area contributed by atoms with Gasteiger partial charge in [-0.05, 0) is 180 Å². The highest BCUT2D eigenvalue weighted by Gasteiger charge is 2.60. The van der Waals surface area contributed by atoms with Crippen molar-refractivity contribution >= 4 is 23.9 Å². The molecule has 0 N–H and O–H groups in total. The highest BCUT2D eigenvalue weighted by atomic mass is 16.6. The minimum atomic E-state index is -0.385. The number of carbonyl (C=O) groups is 4. The van der Waals surface area contributed by atoms with E-state index in [4.69, 9.17) is 28.4 Å². The van der Waals surface area contributed by atoms with E-state index < -0.39 is 0 Å². The van der Waals surface area contributed by atoms with Gasteiger partial charge in [-0.15, -0.1) is 0 Å². The summed E-state index contributed by atoms with van der Waals surface area (Å²) in [5, 5.41) is 0. The van der Waals surface area contributed by atoms with Gasteiger partial charge >= 0.3 is 23.9 Å². The van der Waals surface area contributed by atoms with Crippen LogP contribution >= 0.6 is 0 Å². The Kier molecular flexibility index (Phi) is 17.1. The normalized spacial score (nSPS) is 26.3. The Morgan fingerprint density at radius 2 is 1.21 bits per heavy atom. The summed E-state index contributed by atoms with van der Waals surface area (Å²) in [6, 6.07) is 14.5. The van der Waals surface area contributed by atoms with Crippen molar-refractivity contribution < 1.29 is 47.6 Å². The van der Waals surface area contributed by atoms with Crippen LogP contribution in [0.1, 0.15) is 144 Å². The SMILES string of the molecule is C=CC(=O)OCCCCCCOc1ccc(C(=O)OC(C)[C@H]2CC[C@H]3[C@@H]4CC=C5C[C@@H](OC(=O)c6ccc(OCCCCCCOC(=O)C=C)cc6)CC[C@]5(C)[C@H]4CC[C@]23C)cc1. The average molecular weight is 867 g/mol. The molecule has 0 aromatic heterocycles. The molecule has 4 aliphatic rings. The van der Waals surface area contributed by atoms with E-state index in [9.17, 15) is 19.2 Å². The molecule has 4 aliphatic carbocycles. The second-order valence-corrected chi connectivity index (χ2v) is 18.7. The standard InChI is InChI=1S/C53H70O10/c1-6-48(54)60-34-14-10-8-12-32-58-41-21-16-38(17-22-41)50(56)62-37(3)45-26-27-46-44-25-20-40-36-43(28-30-52(40,4)47(44)29-31-53(45,46)5)63-51(57)39-18-23-42(24-19-39)59-33-13-9-11-15-35-61-49(55)7-2/h6-7,16-24,37,43-47H,1-2,8-15,25-36H2,3-5H3/t37?,43-,44-,45+,46-,47-,52-,53+/m0/s1. The van der Waals surface area contributed by atoms with Gasteiger partial charge in [-0.3, -0.25) is 0 Å². The number of benzene rings is 2. The predicted molar refractivity (Wildman–Crippen MR) is 242 cm³/mol. The van der Waals surface area contributed by atoms with Crippen LogP contribution in [0.3, 0.4) is 0 Å². The number of carbonyl (C=O) groups excluding carboxylic acids is 4. The highest BCUT2D eigenvalue weighted by molar-refractivity contribution is 5.90. The minimum Gasteiger partial charge on any atom is -0.494 e. The van der Waals surface area contributed by atoms with Crippen LogP contribution < -0.4 is 9.47 Å². The van der Waals surface area contributed by atoms with Crippen molar-refractivity contribution in [1.29, 1.82) is 0 Å². The molecule has 10 heteroatoms. The van der Waals surface area contributed by atoms with Crippen molar-refractivity contribution in [3.63, 3.8) is 0 Å². The Bertz CT molecular complexity index is 1900. The number of fused-ring (bicyclic) bond motifs is 5. The molecule has 10 nitrogen and oxygen atoms in total. The van der Waals surface area contributed by atoms with Crippen molar-refractivity contribution in [3.8, 4) is 11.5 Å². The van der Waals surface area contributed by atoms with E-state index in [2.05, 4.69) is 40.0 Å². The molecule has 3 saturated carbocycles. The van der Waals surface area contributed by atoms with Gasteiger partial charge in [0.25, 0.3) is 0 Å². The molecule has 0 heterocycles. The summed E-state index contributed by atoms with van der Waals surface area (Å²) in [6.45, 7) is 15.8. The quantitative estimate of drug-likeness (QED) is 0.0350. The van der Waals surface area contributed by atoms with E-state index in [1.54, 1.807) is 24.3 Å². The minimum absolute atomic E-state index is 0.111. The van der Waals surface area contributed by atoms with E-state index in [0.29, 0.717) is 61.2 Å². The number of unbranched alkanes of at least 4 members (excludes halogenated alkanes) is 6. The van der Waals surface area contributed by atoms with Gasteiger partial charge in [-0.25, -0.2) is 19.2 Å². The van der Waals surface area contributed by atoms with Gasteiger partial charge in [0.1, 0.15) is 23.7 Å². The second-order valence-electron chi connectivity index (χ2n) is 18.7. The van der Waals surface area contributed by atoms with Gasteiger partial charge < -0.3 is 28.4 Å². The third-order valence-electron chi connectivity index (χ3n) is 14.9. The third-order valence-corrected chi connectivity index (χ3v) is 14.9. The fourth-order valence-corrected chi connectivity index (χ4v) is 11.4. The van der Waals surface area contributed by atoms with Crippen LogP contribution in [-0.2, 0) is 28.5 Å². The maximum absolute atomic E-state index is 13.4. The molecule has 2 aromatic rings. The van der Waals surface area contributed by atoms with Crippen LogP contribution in [0.25, 0.3) is 0 Å². The molecule has 8 atom stereocenters. The van der Waals surface area contributed by atoms with Crippen molar-refractivity contribution in [2.45, 2.75) is 136 Å². The number of hydrogen-bond acceptors (Lipinski definition) is 10. The van der Waals surface area contributed by atoms with E-state index in [-0.39, 0.29) is 46.9 Å². The summed E-state index contributed by atoms with van der Waals surface area (Å²) in [5.41, 5.74) is 2.77. The first-order valence-corrected chi connectivity index (χ1v) is 23.6. The molecule has 0 amide bonds. The van der Waals surface area contributed by atoms with Gasteiger partial charge in [0, 0.05) is 24.5 Å². The zero-order chi connectivity index (χ0) is 44.8. The summed E-state index contributed by atoms with van der Waals surface area (Å²) in [5.74, 6) is 2.24. The molecule has 0 saturated heterocycles. The first-order valence-electron chi connectivity index (χ1n) is 23.6. The number of esters is 4. The van der Waals surface area contributed by atoms with Gasteiger partial charge in [-0.2, -0.15) is 0 Å². The molecule has 63 heavy (non-hydrogen) atoms. The summed E-state index contributed by atoms with van der Waals surface area (Å²) < 4.78 is 34.2. The smallest absolute Gasteiger partial charge is 0.338 e. The summed E-state index contributed by atoms with van der Waals surface area (Å²) in [6.07, 6.45) is 20.1. The summed E-state index contributed by atoms with van der Waals surface area (Å²) in [4.78, 5) is 48.9. The molecule has 1 unspecified atom stereocenters. The van der Waals surface area contributed by atoms with Crippen molar-refractivity contribution in [2.24, 2.45) is 34.5 Å². The molecule has 0 bridgehead atoms. The lowest BCUT2D eigenvalue weighted by Crippen LogP contribution is -2.51. The second kappa shape index (κ2) is 22.7. The molecular formula is C53H70O10. The predicted octanol–water partition coefficient (Wildman–Crippen LogP) is 11.4. The molecular weight excluding hydrogens is 797 g/mol. The Hall–Kier alpha value is -4.86. The molecule has 342 valence electrons. The fourth-order valence-electron chi connectivity index (χ4n) is 11.4. The van der Waals surface area contributed by atoms with Gasteiger partial charge in [0.05, 0.1) is 37.6 Å². The average Bonchev–Trinajstić information content (AvgIpc) is 3.65. The lowest BCUT2D eigenvalue weighted by atomic mass is 9.47. The van der Waals surface area contributed by atoms with Crippen LogP contribution in [0.5, 0.6) is 11.5 Å². The third kappa shape index (κ3) is 12.2.